The second-order valence-corrected chi connectivity index (χ2v) is 12.8. The summed E-state index contributed by atoms with van der Waals surface area (Å²) in [6, 6.07) is 6.43. The van der Waals surface area contributed by atoms with Crippen LogP contribution in [-0.4, -0.2) is 30.9 Å². The predicted molar refractivity (Wildman–Crippen MR) is 176 cm³/mol. The van der Waals surface area contributed by atoms with Gasteiger partial charge in [0, 0.05) is 16.7 Å². The maximum absolute atomic E-state index is 13.3. The van der Waals surface area contributed by atoms with E-state index in [1.807, 2.05) is 52.0 Å². The molecule has 2 rings (SSSR count). The highest BCUT2D eigenvalue weighted by atomic mass is 16.5. The first-order valence-electron chi connectivity index (χ1n) is 15.0. The zero-order valence-electron chi connectivity index (χ0n) is 28.1. The number of hydrogen-bond acceptors (Lipinski definition) is 7. The number of ketones is 1. The third-order valence-corrected chi connectivity index (χ3v) is 6.43. The summed E-state index contributed by atoms with van der Waals surface area (Å²) < 4.78 is 23.9. The summed E-state index contributed by atoms with van der Waals surface area (Å²) in [5.74, 6) is 0.691. The molecule has 0 N–H and O–H groups in total. The van der Waals surface area contributed by atoms with Crippen LogP contribution in [-0.2, 0) is 22.4 Å². The van der Waals surface area contributed by atoms with Gasteiger partial charge in [0.05, 0.1) is 29.6 Å². The van der Waals surface area contributed by atoms with Crippen molar-refractivity contribution in [2.24, 2.45) is 10.8 Å². The minimum Gasteiger partial charge on any atom is -0.496 e. The van der Waals surface area contributed by atoms with Crippen molar-refractivity contribution >= 4 is 23.8 Å². The van der Waals surface area contributed by atoms with Crippen LogP contribution in [0.1, 0.15) is 96.3 Å². The molecule has 0 aliphatic rings. The van der Waals surface area contributed by atoms with E-state index in [9.17, 15) is 14.4 Å². The van der Waals surface area contributed by atoms with Crippen molar-refractivity contribution in [3.8, 4) is 23.0 Å². The van der Waals surface area contributed by atoms with Gasteiger partial charge in [0.1, 0.15) is 23.0 Å². The minimum absolute atomic E-state index is 0.220. The molecule has 0 aromatic heterocycles. The molecule has 0 aliphatic heterocycles. The molecule has 0 amide bonds. The quantitative estimate of drug-likeness (QED) is 0.0789. The van der Waals surface area contributed by atoms with E-state index in [4.69, 9.17) is 18.9 Å². The molecule has 0 radical (unpaired) electrons. The number of ether oxygens (including phenoxy) is 4. The summed E-state index contributed by atoms with van der Waals surface area (Å²) in [6.45, 7) is 18.4. The molecule has 0 saturated heterocycles. The summed E-state index contributed by atoms with van der Waals surface area (Å²) in [6.07, 6.45) is 11.6. The molecular weight excluding hydrogens is 556 g/mol. The van der Waals surface area contributed by atoms with Gasteiger partial charge in [-0.05, 0) is 118 Å². The van der Waals surface area contributed by atoms with Crippen LogP contribution in [0.5, 0.6) is 23.0 Å². The minimum atomic E-state index is -0.742. The fourth-order valence-corrected chi connectivity index (χ4v) is 3.99. The Morgan fingerprint density at radius 3 is 1.70 bits per heavy atom. The van der Waals surface area contributed by atoms with E-state index in [0.717, 1.165) is 0 Å². The molecule has 0 fully saturated rings. The maximum atomic E-state index is 13.3. The molecule has 0 bridgehead atoms. The van der Waals surface area contributed by atoms with E-state index in [2.05, 4.69) is 0 Å². The average Bonchev–Trinajstić information content (AvgIpc) is 2.94. The number of hydrogen-bond donors (Lipinski definition) is 0. The van der Waals surface area contributed by atoms with Gasteiger partial charge in [-0.15, -0.1) is 0 Å². The number of benzene rings is 2. The van der Waals surface area contributed by atoms with Crippen LogP contribution in [0, 0.1) is 10.8 Å². The first kappa shape index (κ1) is 36.1. The Morgan fingerprint density at radius 2 is 1.25 bits per heavy atom. The number of carbonyl (C=O) groups is 3. The maximum Gasteiger partial charge on any atom is 0.316 e. The van der Waals surface area contributed by atoms with Gasteiger partial charge in [-0.3, -0.25) is 14.4 Å². The summed E-state index contributed by atoms with van der Waals surface area (Å²) in [5, 5.41) is 0. The van der Waals surface area contributed by atoms with Crippen molar-refractivity contribution in [3.63, 3.8) is 0 Å². The largest absolute Gasteiger partial charge is 0.496 e. The lowest BCUT2D eigenvalue weighted by atomic mass is 9.94. The summed E-state index contributed by atoms with van der Waals surface area (Å²) in [4.78, 5) is 38.7. The van der Waals surface area contributed by atoms with Crippen LogP contribution in [0.25, 0.3) is 6.08 Å². The number of rotatable bonds is 12. The van der Waals surface area contributed by atoms with Crippen molar-refractivity contribution < 1.29 is 33.3 Å². The zero-order chi connectivity index (χ0) is 33.2. The fourth-order valence-electron chi connectivity index (χ4n) is 3.99. The number of methoxy groups -OCH3 is 1. The summed E-state index contributed by atoms with van der Waals surface area (Å²) in [7, 11) is 1.55. The average molecular weight is 605 g/mol. The second-order valence-electron chi connectivity index (χ2n) is 12.8. The Balaban J connectivity index is 2.74. The highest BCUT2D eigenvalue weighted by Gasteiger charge is 2.31. The SMILES string of the molecule is CC=CCc1c(OC)c(C=CC(=O)c2ccc(OC(=O)C(C)(C)C)cc2)c(OC(C)C)c(CC=CC)c1OC(=O)C(C)(C)C. The first-order valence-corrected chi connectivity index (χ1v) is 15.0. The highest BCUT2D eigenvalue weighted by molar-refractivity contribution is 6.07. The molecule has 44 heavy (non-hydrogen) atoms. The molecule has 0 unspecified atom stereocenters. The van der Waals surface area contributed by atoms with Crippen molar-refractivity contribution in [1.82, 2.24) is 0 Å². The Hall–Kier alpha value is -4.13. The van der Waals surface area contributed by atoms with Gasteiger partial charge in [0.15, 0.2) is 5.78 Å². The molecule has 238 valence electrons. The van der Waals surface area contributed by atoms with Gasteiger partial charge in [0.25, 0.3) is 0 Å². The molecule has 0 atom stereocenters. The summed E-state index contributed by atoms with van der Waals surface area (Å²) in [5.41, 5.74) is 0.960. The molecule has 0 spiro atoms. The van der Waals surface area contributed by atoms with E-state index in [0.29, 0.717) is 58.1 Å². The van der Waals surface area contributed by atoms with Crippen LogP contribution in [0.15, 0.2) is 54.6 Å². The van der Waals surface area contributed by atoms with Crippen LogP contribution in [0.4, 0.5) is 0 Å². The highest BCUT2D eigenvalue weighted by Crippen LogP contribution is 2.46. The Bertz CT molecular complexity index is 1410. The van der Waals surface area contributed by atoms with Gasteiger partial charge in [-0.25, -0.2) is 0 Å². The van der Waals surface area contributed by atoms with E-state index in [1.54, 1.807) is 79.0 Å². The van der Waals surface area contributed by atoms with Gasteiger partial charge in [0.2, 0.25) is 0 Å². The topological polar surface area (TPSA) is 88.1 Å². The lowest BCUT2D eigenvalue weighted by molar-refractivity contribution is -0.143. The molecule has 0 heterocycles. The lowest BCUT2D eigenvalue weighted by Gasteiger charge is -2.26. The van der Waals surface area contributed by atoms with Crippen LogP contribution in [0.3, 0.4) is 0 Å². The smallest absolute Gasteiger partial charge is 0.316 e. The predicted octanol–water partition coefficient (Wildman–Crippen LogP) is 8.52. The third-order valence-electron chi connectivity index (χ3n) is 6.43. The van der Waals surface area contributed by atoms with E-state index in [1.165, 1.54) is 6.08 Å². The van der Waals surface area contributed by atoms with Crippen LogP contribution >= 0.6 is 0 Å². The van der Waals surface area contributed by atoms with Crippen LogP contribution < -0.4 is 18.9 Å². The molecule has 0 aliphatic carbocycles. The zero-order valence-corrected chi connectivity index (χ0v) is 28.1. The Morgan fingerprint density at radius 1 is 0.750 bits per heavy atom. The van der Waals surface area contributed by atoms with Crippen molar-refractivity contribution in [1.29, 1.82) is 0 Å². The van der Waals surface area contributed by atoms with Crippen LogP contribution in [0.2, 0.25) is 0 Å². The number of carbonyl (C=O) groups excluding carboxylic acids is 3. The van der Waals surface area contributed by atoms with Gasteiger partial charge >= 0.3 is 11.9 Å². The van der Waals surface area contributed by atoms with Crippen molar-refractivity contribution in [2.75, 3.05) is 7.11 Å². The molecule has 2 aromatic carbocycles. The number of esters is 2. The first-order chi connectivity index (χ1) is 20.5. The van der Waals surface area contributed by atoms with Gasteiger partial charge < -0.3 is 18.9 Å². The molecule has 7 heteroatoms. The van der Waals surface area contributed by atoms with Crippen molar-refractivity contribution in [3.05, 3.63) is 76.9 Å². The molecule has 2 aromatic rings. The molecular formula is C37H48O7. The van der Waals surface area contributed by atoms with E-state index < -0.39 is 10.8 Å². The van der Waals surface area contributed by atoms with E-state index >= 15 is 0 Å². The second kappa shape index (κ2) is 15.6. The molecule has 0 saturated carbocycles. The molecule has 7 nitrogen and oxygen atoms in total. The van der Waals surface area contributed by atoms with Gasteiger partial charge in [-0.2, -0.15) is 0 Å². The summed E-state index contributed by atoms with van der Waals surface area (Å²) >= 11 is 0. The van der Waals surface area contributed by atoms with E-state index in [-0.39, 0.29) is 23.8 Å². The van der Waals surface area contributed by atoms with Crippen molar-refractivity contribution in [2.45, 2.75) is 88.2 Å². The Kier molecular flexibility index (Phi) is 12.7. The Labute approximate surface area is 262 Å². The monoisotopic (exact) mass is 604 g/mol. The standard InChI is InChI=1S/C37H48O7/c1-12-14-16-27-31(41-11)29(22-23-30(38)25-18-20-26(21-19-25)43-34(39)36(5,6)7)32(42-24(3)4)28(17-15-13-2)33(27)44-35(40)37(8,9)10/h12-15,18-24H,16-17H2,1-11H3. The van der Waals surface area contributed by atoms with Gasteiger partial charge in [-0.1, -0.05) is 24.3 Å². The third kappa shape index (κ3) is 9.69. The normalized spacial score (nSPS) is 12.4. The lowest BCUT2D eigenvalue weighted by Crippen LogP contribution is -2.27. The fraction of sp³-hybridized carbons (Fsp3) is 0.432. The number of allylic oxidation sites excluding steroid dienone is 5.